The second-order valence-electron chi connectivity index (χ2n) is 8.11. The molecule has 32 heavy (non-hydrogen) atoms. The molecule has 0 aliphatic heterocycles. The number of benzene rings is 3. The van der Waals surface area contributed by atoms with Crippen LogP contribution in [0.4, 0.5) is 5.69 Å². The highest BCUT2D eigenvalue weighted by Gasteiger charge is 2.27. The Morgan fingerprint density at radius 2 is 1.53 bits per heavy atom. The smallest absolute Gasteiger partial charge is 0.330 e. The topological polar surface area (TPSA) is 52.3 Å². The fourth-order valence-corrected chi connectivity index (χ4v) is 4.14. The van der Waals surface area contributed by atoms with Gasteiger partial charge < -0.3 is 10.5 Å². The normalized spacial score (nSPS) is 14.7. The molecule has 0 spiro atoms. The number of anilines is 1. The van der Waals surface area contributed by atoms with Gasteiger partial charge in [-0.2, -0.15) is 0 Å². The number of hydrogen-bond acceptors (Lipinski definition) is 3. The molecule has 3 heteroatoms. The molecule has 0 unspecified atom stereocenters. The molecule has 1 aliphatic rings. The van der Waals surface area contributed by atoms with Crippen molar-refractivity contribution >= 4 is 28.9 Å². The molecule has 0 radical (unpaired) electrons. The first-order chi connectivity index (χ1) is 15.7. The summed E-state index contributed by atoms with van der Waals surface area (Å²) in [6, 6.07) is 27.2. The molecule has 4 rings (SSSR count). The monoisotopic (exact) mass is 423 g/mol. The summed E-state index contributed by atoms with van der Waals surface area (Å²) in [7, 11) is 0. The molecule has 1 saturated carbocycles. The Hall–Kier alpha value is -3.59. The maximum atomic E-state index is 11.6. The zero-order valence-corrected chi connectivity index (χ0v) is 18.5. The van der Waals surface area contributed by atoms with Crippen LogP contribution in [0.5, 0.6) is 0 Å². The summed E-state index contributed by atoms with van der Waals surface area (Å²) in [5.74, 6) is 0.226. The highest BCUT2D eigenvalue weighted by Crippen LogP contribution is 2.45. The highest BCUT2D eigenvalue weighted by atomic mass is 16.5. The van der Waals surface area contributed by atoms with Crippen molar-refractivity contribution in [2.45, 2.75) is 26.2 Å². The van der Waals surface area contributed by atoms with Gasteiger partial charge in [-0.05, 0) is 77.3 Å². The van der Waals surface area contributed by atoms with Gasteiger partial charge in [0, 0.05) is 11.8 Å². The van der Waals surface area contributed by atoms with Crippen LogP contribution in [0.2, 0.25) is 0 Å². The van der Waals surface area contributed by atoms with Crippen molar-refractivity contribution in [2.24, 2.45) is 5.92 Å². The van der Waals surface area contributed by atoms with E-state index in [1.807, 2.05) is 24.3 Å². The van der Waals surface area contributed by atoms with Crippen molar-refractivity contribution < 1.29 is 9.53 Å². The Bertz CT molecular complexity index is 1110. The highest BCUT2D eigenvalue weighted by molar-refractivity contribution is 5.99. The van der Waals surface area contributed by atoms with E-state index >= 15 is 0 Å². The lowest BCUT2D eigenvalue weighted by Crippen LogP contribution is -2.15. The summed E-state index contributed by atoms with van der Waals surface area (Å²) < 4.78 is 4.98. The standard InChI is InChI=1S/C29H29NO2/c1-2-32-27(31)20-13-21-11-14-24(15-12-21)29(25-16-18-26(30)19-17-25)28(23-9-6-10-23)22-7-4-3-5-8-22/h3-5,7-8,11-20,23H,2,6,9-10,30H2,1H3/b20-13+,29-28-. The average molecular weight is 424 g/mol. The second kappa shape index (κ2) is 10.1. The van der Waals surface area contributed by atoms with Crippen LogP contribution in [0.3, 0.4) is 0 Å². The van der Waals surface area contributed by atoms with Crippen LogP contribution in [-0.2, 0) is 9.53 Å². The maximum Gasteiger partial charge on any atom is 0.330 e. The summed E-state index contributed by atoms with van der Waals surface area (Å²) in [4.78, 5) is 11.6. The van der Waals surface area contributed by atoms with Crippen LogP contribution in [-0.4, -0.2) is 12.6 Å². The molecule has 1 aliphatic carbocycles. The van der Waals surface area contributed by atoms with Gasteiger partial charge >= 0.3 is 5.97 Å². The van der Waals surface area contributed by atoms with Crippen molar-refractivity contribution in [3.63, 3.8) is 0 Å². The molecule has 162 valence electrons. The van der Waals surface area contributed by atoms with Gasteiger partial charge in [-0.1, -0.05) is 73.2 Å². The van der Waals surface area contributed by atoms with Gasteiger partial charge in [0.15, 0.2) is 0 Å². The first-order valence-electron chi connectivity index (χ1n) is 11.3. The zero-order chi connectivity index (χ0) is 22.3. The number of carbonyl (C=O) groups excluding carboxylic acids is 1. The molecule has 0 saturated heterocycles. The van der Waals surface area contributed by atoms with E-state index in [4.69, 9.17) is 10.5 Å². The van der Waals surface area contributed by atoms with E-state index in [0.717, 1.165) is 16.8 Å². The van der Waals surface area contributed by atoms with Crippen LogP contribution in [0, 0.1) is 5.92 Å². The first kappa shape index (κ1) is 21.6. The van der Waals surface area contributed by atoms with E-state index in [1.54, 1.807) is 13.0 Å². The zero-order valence-electron chi connectivity index (χ0n) is 18.5. The molecular weight excluding hydrogens is 394 g/mol. The Labute approximate surface area is 190 Å². The fraction of sp³-hybridized carbons (Fsp3) is 0.207. The van der Waals surface area contributed by atoms with Gasteiger partial charge in [0.05, 0.1) is 6.61 Å². The second-order valence-corrected chi connectivity index (χ2v) is 8.11. The lowest BCUT2D eigenvalue weighted by atomic mass is 9.73. The maximum absolute atomic E-state index is 11.6. The molecule has 0 atom stereocenters. The molecular formula is C29H29NO2. The molecule has 0 aromatic heterocycles. The minimum Gasteiger partial charge on any atom is -0.463 e. The van der Waals surface area contributed by atoms with Crippen LogP contribution in [0.25, 0.3) is 17.2 Å². The number of nitrogens with two attached hydrogens (primary N) is 1. The number of allylic oxidation sites excluding steroid dienone is 1. The van der Waals surface area contributed by atoms with E-state index in [9.17, 15) is 4.79 Å². The predicted molar refractivity (Wildman–Crippen MR) is 133 cm³/mol. The Kier molecular flexibility index (Phi) is 6.86. The molecule has 1 fully saturated rings. The van der Waals surface area contributed by atoms with Gasteiger partial charge in [0.2, 0.25) is 0 Å². The number of hydrogen-bond donors (Lipinski definition) is 1. The molecule has 2 N–H and O–H groups in total. The summed E-state index contributed by atoms with van der Waals surface area (Å²) in [5.41, 5.74) is 14.0. The van der Waals surface area contributed by atoms with Crippen LogP contribution in [0.1, 0.15) is 48.4 Å². The fourth-order valence-electron chi connectivity index (χ4n) is 4.14. The Morgan fingerprint density at radius 1 is 0.906 bits per heavy atom. The number of ether oxygens (including phenoxy) is 1. The van der Waals surface area contributed by atoms with Gasteiger partial charge in [0.25, 0.3) is 0 Å². The van der Waals surface area contributed by atoms with E-state index in [0.29, 0.717) is 12.5 Å². The van der Waals surface area contributed by atoms with Crippen LogP contribution in [0.15, 0.2) is 84.9 Å². The third kappa shape index (κ3) is 5.00. The van der Waals surface area contributed by atoms with Crippen molar-refractivity contribution in [3.8, 4) is 0 Å². The van der Waals surface area contributed by atoms with E-state index in [-0.39, 0.29) is 5.97 Å². The lowest BCUT2D eigenvalue weighted by Gasteiger charge is -2.31. The molecule has 3 aromatic rings. The summed E-state index contributed by atoms with van der Waals surface area (Å²) >= 11 is 0. The summed E-state index contributed by atoms with van der Waals surface area (Å²) in [6.07, 6.45) is 6.96. The lowest BCUT2D eigenvalue weighted by molar-refractivity contribution is -0.137. The van der Waals surface area contributed by atoms with Gasteiger partial charge in [-0.15, -0.1) is 0 Å². The van der Waals surface area contributed by atoms with Crippen LogP contribution < -0.4 is 5.73 Å². The molecule has 0 heterocycles. The molecule has 3 nitrogen and oxygen atoms in total. The van der Waals surface area contributed by atoms with Gasteiger partial charge in [-0.3, -0.25) is 0 Å². The van der Waals surface area contributed by atoms with Gasteiger partial charge in [0.1, 0.15) is 0 Å². The third-order valence-corrected chi connectivity index (χ3v) is 5.96. The summed E-state index contributed by atoms with van der Waals surface area (Å²) in [6.45, 7) is 2.18. The third-order valence-electron chi connectivity index (χ3n) is 5.96. The molecule has 3 aromatic carbocycles. The van der Waals surface area contributed by atoms with Crippen molar-refractivity contribution in [2.75, 3.05) is 12.3 Å². The van der Waals surface area contributed by atoms with Crippen molar-refractivity contribution in [1.82, 2.24) is 0 Å². The largest absolute Gasteiger partial charge is 0.463 e. The number of rotatable bonds is 7. The Balaban J connectivity index is 1.80. The Morgan fingerprint density at radius 3 is 2.09 bits per heavy atom. The predicted octanol–water partition coefficient (Wildman–Crippen LogP) is 6.60. The van der Waals surface area contributed by atoms with Crippen molar-refractivity contribution in [1.29, 1.82) is 0 Å². The SMILES string of the molecule is CCOC(=O)/C=C/c1ccc(/C(=C(\c2ccccc2)C2CCC2)c2ccc(N)cc2)cc1. The van der Waals surface area contributed by atoms with Gasteiger partial charge in [-0.25, -0.2) is 4.79 Å². The average Bonchev–Trinajstić information content (AvgIpc) is 2.79. The minimum atomic E-state index is -0.324. The van der Waals surface area contributed by atoms with E-state index in [1.165, 1.54) is 47.6 Å². The van der Waals surface area contributed by atoms with Crippen LogP contribution >= 0.6 is 0 Å². The number of carbonyl (C=O) groups is 1. The quantitative estimate of drug-likeness (QED) is 0.201. The van der Waals surface area contributed by atoms with E-state index in [2.05, 4.69) is 54.6 Å². The number of esters is 1. The minimum absolute atomic E-state index is 0.324. The van der Waals surface area contributed by atoms with E-state index < -0.39 is 0 Å². The molecule has 0 amide bonds. The first-order valence-corrected chi connectivity index (χ1v) is 11.3. The molecule has 0 bridgehead atoms. The number of nitrogen functional groups attached to an aromatic ring is 1. The summed E-state index contributed by atoms with van der Waals surface area (Å²) in [5, 5.41) is 0. The van der Waals surface area contributed by atoms with Crippen molar-refractivity contribution in [3.05, 3.63) is 107 Å².